The fourth-order valence-corrected chi connectivity index (χ4v) is 4.04. The number of hydrogen-bond donors (Lipinski definition) is 1. The van der Waals surface area contributed by atoms with Gasteiger partial charge in [-0.25, -0.2) is 4.39 Å². The molecule has 1 aromatic heterocycles. The number of halogens is 1. The fraction of sp³-hybridized carbons (Fsp3) is 0.450. The summed E-state index contributed by atoms with van der Waals surface area (Å²) in [7, 11) is 1.47. The first kappa shape index (κ1) is 19.8. The molecule has 0 unspecified atom stereocenters. The predicted octanol–water partition coefficient (Wildman–Crippen LogP) is 2.64. The minimum atomic E-state index is -0.328. The van der Waals surface area contributed by atoms with Crippen LogP contribution in [0.25, 0.3) is 0 Å². The number of carbonyl (C=O) groups is 1. The second kappa shape index (κ2) is 9.30. The molecule has 1 amide bonds. The molecule has 0 spiro atoms. The van der Waals surface area contributed by atoms with Gasteiger partial charge in [0.25, 0.3) is 0 Å². The zero-order valence-electron chi connectivity index (χ0n) is 15.8. The molecule has 2 heterocycles. The van der Waals surface area contributed by atoms with Crippen molar-refractivity contribution in [1.29, 1.82) is 0 Å². The van der Waals surface area contributed by atoms with E-state index in [9.17, 15) is 9.18 Å². The van der Waals surface area contributed by atoms with Crippen LogP contribution in [0.2, 0.25) is 0 Å². The normalized spacial score (nSPS) is 15.7. The first-order valence-electron chi connectivity index (χ1n) is 9.12. The Morgan fingerprint density at radius 2 is 1.96 bits per heavy atom. The number of aryl methyl sites for hydroxylation is 1. The van der Waals surface area contributed by atoms with Gasteiger partial charge in [0.05, 0.1) is 20.2 Å². The van der Waals surface area contributed by atoms with Gasteiger partial charge in [0, 0.05) is 37.6 Å². The van der Waals surface area contributed by atoms with Gasteiger partial charge >= 0.3 is 0 Å². The molecule has 1 saturated heterocycles. The van der Waals surface area contributed by atoms with Crippen molar-refractivity contribution in [2.75, 3.05) is 39.8 Å². The van der Waals surface area contributed by atoms with Crippen LogP contribution in [0.3, 0.4) is 0 Å². The van der Waals surface area contributed by atoms with Crippen molar-refractivity contribution in [3.8, 4) is 5.75 Å². The van der Waals surface area contributed by atoms with Gasteiger partial charge in [0.2, 0.25) is 5.91 Å². The second-order valence-corrected chi connectivity index (χ2v) is 7.83. The summed E-state index contributed by atoms with van der Waals surface area (Å²) in [6.45, 7) is 7.20. The molecule has 27 heavy (non-hydrogen) atoms. The number of methoxy groups -OCH3 is 1. The van der Waals surface area contributed by atoms with Crippen molar-refractivity contribution in [2.45, 2.75) is 20.0 Å². The number of carbonyl (C=O) groups excluding carboxylic acids is 1. The Morgan fingerprint density at radius 3 is 2.59 bits per heavy atom. The highest BCUT2D eigenvalue weighted by Gasteiger charge is 2.19. The maximum atomic E-state index is 13.8. The van der Waals surface area contributed by atoms with Crippen molar-refractivity contribution >= 4 is 17.2 Å². The molecule has 1 fully saturated rings. The van der Waals surface area contributed by atoms with Gasteiger partial charge in [-0.1, -0.05) is 6.07 Å². The molecular weight excluding hydrogens is 365 g/mol. The number of rotatable bonds is 7. The highest BCUT2D eigenvalue weighted by molar-refractivity contribution is 7.10. The smallest absolute Gasteiger partial charge is 0.234 e. The van der Waals surface area contributed by atoms with Gasteiger partial charge in [-0.15, -0.1) is 11.3 Å². The molecule has 1 aliphatic rings. The molecule has 1 aliphatic heterocycles. The third-order valence-corrected chi connectivity index (χ3v) is 5.89. The van der Waals surface area contributed by atoms with Gasteiger partial charge in [-0.2, -0.15) is 0 Å². The van der Waals surface area contributed by atoms with Crippen molar-refractivity contribution in [2.24, 2.45) is 0 Å². The fourth-order valence-electron chi connectivity index (χ4n) is 3.20. The van der Waals surface area contributed by atoms with Gasteiger partial charge in [0.1, 0.15) is 0 Å². The summed E-state index contributed by atoms with van der Waals surface area (Å²) < 4.78 is 18.8. The first-order valence-corrected chi connectivity index (χ1v) is 10.00. The maximum Gasteiger partial charge on any atom is 0.234 e. The highest BCUT2D eigenvalue weighted by Crippen LogP contribution is 2.19. The number of amides is 1. The Hall–Kier alpha value is -1.96. The maximum absolute atomic E-state index is 13.8. The van der Waals surface area contributed by atoms with Crippen LogP contribution >= 0.6 is 11.3 Å². The van der Waals surface area contributed by atoms with Crippen LogP contribution in [0.5, 0.6) is 5.75 Å². The summed E-state index contributed by atoms with van der Waals surface area (Å²) in [4.78, 5) is 17.8. The number of nitrogens with zero attached hydrogens (tertiary/aromatic N) is 2. The van der Waals surface area contributed by atoms with Gasteiger partial charge < -0.3 is 10.1 Å². The van der Waals surface area contributed by atoms with Gasteiger partial charge in [-0.3, -0.25) is 14.6 Å². The van der Waals surface area contributed by atoms with Gasteiger partial charge in [0.15, 0.2) is 11.6 Å². The number of benzene rings is 1. The number of piperazine rings is 1. The lowest BCUT2D eigenvalue weighted by atomic mass is 10.2. The molecule has 146 valence electrons. The van der Waals surface area contributed by atoms with E-state index < -0.39 is 0 Å². The third kappa shape index (κ3) is 5.51. The summed E-state index contributed by atoms with van der Waals surface area (Å²) in [6, 6.07) is 7.17. The van der Waals surface area contributed by atoms with E-state index in [2.05, 4.69) is 28.1 Å². The molecule has 0 bridgehead atoms. The largest absolute Gasteiger partial charge is 0.494 e. The molecule has 0 radical (unpaired) electrons. The number of nitrogens with one attached hydrogen (secondary N) is 1. The summed E-state index contributed by atoms with van der Waals surface area (Å²) >= 11 is 1.67. The highest BCUT2D eigenvalue weighted by atomic mass is 32.1. The third-order valence-electron chi connectivity index (χ3n) is 4.87. The molecule has 2 aromatic rings. The van der Waals surface area contributed by atoms with Crippen LogP contribution in [0.15, 0.2) is 29.6 Å². The number of thiophene rings is 1. The monoisotopic (exact) mass is 391 g/mol. The van der Waals surface area contributed by atoms with E-state index in [1.54, 1.807) is 17.4 Å². The van der Waals surface area contributed by atoms with Crippen molar-refractivity contribution in [3.05, 3.63) is 51.5 Å². The molecule has 3 rings (SSSR count). The van der Waals surface area contributed by atoms with E-state index in [0.717, 1.165) is 31.7 Å². The van der Waals surface area contributed by atoms with Crippen LogP contribution in [0, 0.1) is 12.7 Å². The first-order chi connectivity index (χ1) is 13.0. The predicted molar refractivity (Wildman–Crippen MR) is 106 cm³/mol. The molecule has 7 heteroatoms. The van der Waals surface area contributed by atoms with E-state index in [-0.39, 0.29) is 17.5 Å². The molecule has 5 nitrogen and oxygen atoms in total. The summed E-state index contributed by atoms with van der Waals surface area (Å²) in [5.74, 6) is 0.00656. The van der Waals surface area contributed by atoms with Crippen molar-refractivity contribution < 1.29 is 13.9 Å². The molecule has 0 aliphatic carbocycles. The van der Waals surface area contributed by atoms with E-state index in [1.807, 2.05) is 11.4 Å². The van der Waals surface area contributed by atoms with E-state index in [0.29, 0.717) is 19.6 Å². The Morgan fingerprint density at radius 1 is 1.22 bits per heavy atom. The quantitative estimate of drug-likeness (QED) is 0.788. The van der Waals surface area contributed by atoms with Crippen LogP contribution in [0.1, 0.15) is 16.0 Å². The Bertz CT molecular complexity index is 772. The van der Waals surface area contributed by atoms with E-state index in [4.69, 9.17) is 4.74 Å². The summed E-state index contributed by atoms with van der Waals surface area (Å²) in [5, 5.41) is 5.05. The van der Waals surface area contributed by atoms with Crippen LogP contribution in [0.4, 0.5) is 4.39 Å². The van der Waals surface area contributed by atoms with Crippen LogP contribution in [-0.2, 0) is 17.9 Å². The molecule has 1 N–H and O–H groups in total. The number of hydrogen-bond acceptors (Lipinski definition) is 5. The van der Waals surface area contributed by atoms with E-state index >= 15 is 0 Å². The lowest BCUT2D eigenvalue weighted by molar-refractivity contribution is -0.122. The molecular formula is C20H26FN3O2S. The van der Waals surface area contributed by atoms with E-state index in [1.165, 1.54) is 23.6 Å². The lowest BCUT2D eigenvalue weighted by Gasteiger charge is -2.34. The van der Waals surface area contributed by atoms with Crippen LogP contribution < -0.4 is 10.1 Å². The zero-order chi connectivity index (χ0) is 19.2. The average Bonchev–Trinajstić information content (AvgIpc) is 3.07. The second-order valence-electron chi connectivity index (χ2n) is 6.82. The topological polar surface area (TPSA) is 44.8 Å². The van der Waals surface area contributed by atoms with Crippen molar-refractivity contribution in [1.82, 2.24) is 15.1 Å². The lowest BCUT2D eigenvalue weighted by Crippen LogP contribution is -2.49. The average molecular weight is 392 g/mol. The molecule has 0 saturated carbocycles. The van der Waals surface area contributed by atoms with Crippen molar-refractivity contribution in [3.63, 3.8) is 0 Å². The zero-order valence-corrected chi connectivity index (χ0v) is 16.7. The standard InChI is InChI=1S/C20H26FN3O2S/c1-15-5-10-27-19(15)12-22-20(25)14-24-8-6-23(7-9-24)13-16-3-4-18(26-2)17(21)11-16/h3-5,10-11H,6-9,12-14H2,1-2H3,(H,22,25). The summed E-state index contributed by atoms with van der Waals surface area (Å²) in [5.41, 5.74) is 2.16. The molecule has 0 atom stereocenters. The number of ether oxygens (including phenoxy) is 1. The Labute approximate surface area is 163 Å². The Balaban J connectivity index is 1.40. The molecule has 1 aromatic carbocycles. The Kier molecular flexibility index (Phi) is 6.82. The minimum absolute atomic E-state index is 0.0634. The van der Waals surface area contributed by atoms with Crippen LogP contribution in [-0.4, -0.2) is 55.5 Å². The van der Waals surface area contributed by atoms with Gasteiger partial charge in [-0.05, 0) is 41.6 Å². The summed E-state index contributed by atoms with van der Waals surface area (Å²) in [6.07, 6.45) is 0. The minimum Gasteiger partial charge on any atom is -0.494 e. The SMILES string of the molecule is COc1ccc(CN2CCN(CC(=O)NCc3sccc3C)CC2)cc1F.